The first kappa shape index (κ1) is 43.0. The molecule has 61 heavy (non-hydrogen) atoms. The fourth-order valence-corrected chi connectivity index (χ4v) is 8.63. The number of hydrogen-bond donors (Lipinski definition) is 5. The molecule has 0 bridgehead atoms. The number of unbranched alkanes of at least 4 members (excludes halogenated alkanes) is 4. The maximum absolute atomic E-state index is 13.1. The summed E-state index contributed by atoms with van der Waals surface area (Å²) in [6.45, 7) is 4.40. The van der Waals surface area contributed by atoms with Gasteiger partial charge in [0.05, 0.1) is 12.3 Å². The third kappa shape index (κ3) is 10.8. The van der Waals surface area contributed by atoms with Crippen molar-refractivity contribution >= 4 is 40.6 Å². The molecule has 3 aromatic carbocycles. The molecular formula is C48H57N7O6. The highest BCUT2D eigenvalue weighted by molar-refractivity contribution is 6.23. The Morgan fingerprint density at radius 3 is 2.41 bits per heavy atom. The van der Waals surface area contributed by atoms with Crippen LogP contribution in [0.2, 0.25) is 0 Å². The van der Waals surface area contributed by atoms with E-state index in [2.05, 4.69) is 63.3 Å². The number of ether oxygens (including phenoxy) is 1. The third-order valence-electron chi connectivity index (χ3n) is 12.0. The van der Waals surface area contributed by atoms with Crippen LogP contribution in [0.4, 0.5) is 0 Å². The number of aryl methyl sites for hydroxylation is 1. The van der Waals surface area contributed by atoms with Crippen LogP contribution in [-0.4, -0.2) is 88.8 Å². The summed E-state index contributed by atoms with van der Waals surface area (Å²) in [4.78, 5) is 58.6. The number of amides is 4. The molecule has 4 aliphatic rings. The molecule has 4 amide bonds. The van der Waals surface area contributed by atoms with E-state index in [1.165, 1.54) is 10.5 Å². The van der Waals surface area contributed by atoms with Crippen molar-refractivity contribution in [3.05, 3.63) is 118 Å². The van der Waals surface area contributed by atoms with E-state index < -0.39 is 11.9 Å². The van der Waals surface area contributed by atoms with Gasteiger partial charge >= 0.3 is 0 Å². The summed E-state index contributed by atoms with van der Waals surface area (Å²) in [6.07, 6.45) is 11.5. The molecule has 0 spiro atoms. The number of likely N-dealkylation sites (tertiary alicyclic amines) is 1. The fraction of sp³-hybridized carbons (Fsp3) is 0.417. The molecule has 7 rings (SSSR count). The smallest absolute Gasteiger partial charge is 0.257 e. The number of rotatable bonds is 18. The molecule has 2 fully saturated rings. The standard InChI is InChI=1S/C48H57N7O6/c1-32(49)45(46-51-39(35-12-7-5-8-13-35)29-42(52-46)54-26-22-34(23-27-54)24-28-56)36-18-16-33(17-19-36)11-6-3-2-4-9-25-50-44(58)31-61-41-15-10-14-37-38(41)30-55(48(37)60)40-20-21-43(57)53-47(40)59/h5,7-8,10,12-19,29,34,40,49,52,56H,2-4,6,9,11,20-28,30-31H2,1H3,(H,50,58)(H,53,57,59)/b46-45+,49-32?. The second-order valence-corrected chi connectivity index (χ2v) is 16.3. The van der Waals surface area contributed by atoms with E-state index in [9.17, 15) is 24.3 Å². The minimum atomic E-state index is -0.713. The Hall–Kier alpha value is -6.08. The van der Waals surface area contributed by atoms with Gasteiger partial charge in [-0.05, 0) is 81.0 Å². The normalized spacial score (nSPS) is 18.8. The first-order valence-electron chi connectivity index (χ1n) is 21.7. The zero-order chi connectivity index (χ0) is 42.7. The Balaban J connectivity index is 0.845. The zero-order valence-corrected chi connectivity index (χ0v) is 35.0. The van der Waals surface area contributed by atoms with Gasteiger partial charge in [-0.1, -0.05) is 79.9 Å². The van der Waals surface area contributed by atoms with Gasteiger partial charge in [-0.2, -0.15) is 0 Å². The number of benzene rings is 3. The van der Waals surface area contributed by atoms with Crippen LogP contribution in [0.5, 0.6) is 5.75 Å². The maximum atomic E-state index is 13.1. The monoisotopic (exact) mass is 827 g/mol. The summed E-state index contributed by atoms with van der Waals surface area (Å²) in [5, 5.41) is 27.1. The molecule has 1 atom stereocenters. The topological polar surface area (TPSA) is 177 Å². The molecule has 13 heteroatoms. The minimum absolute atomic E-state index is 0.179. The lowest BCUT2D eigenvalue weighted by Crippen LogP contribution is -2.52. The summed E-state index contributed by atoms with van der Waals surface area (Å²) in [6, 6.07) is 23.1. The van der Waals surface area contributed by atoms with Crippen LogP contribution < -0.4 is 20.7 Å². The van der Waals surface area contributed by atoms with E-state index in [0.717, 1.165) is 99.1 Å². The number of imide groups is 1. The number of aliphatic hydroxyl groups excluding tert-OH is 1. The van der Waals surface area contributed by atoms with Crippen LogP contribution in [0.15, 0.2) is 95.5 Å². The Labute approximate surface area is 357 Å². The number of nitrogens with zero attached hydrogens (tertiary/aromatic N) is 3. The van der Waals surface area contributed by atoms with E-state index in [0.29, 0.717) is 40.9 Å². The van der Waals surface area contributed by atoms with Crippen LogP contribution in [0.3, 0.4) is 0 Å². The molecule has 0 radical (unpaired) electrons. The van der Waals surface area contributed by atoms with Gasteiger partial charge < -0.3 is 35.7 Å². The van der Waals surface area contributed by atoms with Crippen molar-refractivity contribution in [2.45, 2.75) is 90.1 Å². The van der Waals surface area contributed by atoms with Crippen LogP contribution in [0, 0.1) is 11.3 Å². The minimum Gasteiger partial charge on any atom is -0.483 e. The first-order chi connectivity index (χ1) is 29.7. The number of aliphatic hydroxyl groups is 1. The Morgan fingerprint density at radius 1 is 0.918 bits per heavy atom. The third-order valence-corrected chi connectivity index (χ3v) is 12.0. The fourth-order valence-electron chi connectivity index (χ4n) is 8.63. The lowest BCUT2D eigenvalue weighted by atomic mass is 9.93. The number of piperidine rings is 2. The SMILES string of the molecule is CC(=N)/C(=C1/N=C(c2ccccc2)C=C(N2CCC(CCO)CC2)N1)c1ccc(CCCCCCCNC(=O)COc2cccc3c2CN(C2CCC(=O)NC2=O)C3=O)cc1. The van der Waals surface area contributed by atoms with Crippen molar-refractivity contribution in [2.24, 2.45) is 10.9 Å². The van der Waals surface area contributed by atoms with Crippen molar-refractivity contribution in [1.82, 2.24) is 25.8 Å². The van der Waals surface area contributed by atoms with Crippen LogP contribution in [-0.2, 0) is 27.3 Å². The Kier molecular flexibility index (Phi) is 14.4. The summed E-state index contributed by atoms with van der Waals surface area (Å²) >= 11 is 0. The number of hydrogen-bond acceptors (Lipinski definition) is 10. The molecule has 4 aliphatic heterocycles. The van der Waals surface area contributed by atoms with E-state index in [4.69, 9.17) is 15.1 Å². The van der Waals surface area contributed by atoms with Crippen molar-refractivity contribution < 1.29 is 29.0 Å². The second kappa shape index (κ2) is 20.5. The van der Waals surface area contributed by atoms with Crippen molar-refractivity contribution in [3.63, 3.8) is 0 Å². The molecule has 2 saturated heterocycles. The largest absolute Gasteiger partial charge is 0.483 e. The van der Waals surface area contributed by atoms with Crippen molar-refractivity contribution in [1.29, 1.82) is 5.41 Å². The highest BCUT2D eigenvalue weighted by Crippen LogP contribution is 2.34. The molecule has 0 aliphatic carbocycles. The van der Waals surface area contributed by atoms with Crippen molar-refractivity contribution in [3.8, 4) is 5.75 Å². The predicted molar refractivity (Wildman–Crippen MR) is 235 cm³/mol. The average Bonchev–Trinajstić information content (AvgIpc) is 3.60. The van der Waals surface area contributed by atoms with Crippen LogP contribution >= 0.6 is 0 Å². The molecule has 0 aromatic heterocycles. The average molecular weight is 828 g/mol. The van der Waals surface area contributed by atoms with Gasteiger partial charge in [0.1, 0.15) is 23.4 Å². The van der Waals surface area contributed by atoms with Crippen LogP contribution in [0.25, 0.3) is 5.57 Å². The molecule has 3 aromatic rings. The number of allylic oxidation sites excluding steroid dienone is 2. The van der Waals surface area contributed by atoms with E-state index in [1.807, 2.05) is 25.1 Å². The maximum Gasteiger partial charge on any atom is 0.257 e. The second-order valence-electron chi connectivity index (χ2n) is 16.3. The van der Waals surface area contributed by atoms with Gasteiger partial charge in [0, 0.05) is 66.7 Å². The number of carbonyl (C=O) groups excluding carboxylic acids is 4. The quantitative estimate of drug-likeness (QED) is 0.0601. The number of aliphatic imine (C=N–C) groups is 1. The molecule has 13 nitrogen and oxygen atoms in total. The van der Waals surface area contributed by atoms with Crippen LogP contribution in [0.1, 0.15) is 104 Å². The summed E-state index contributed by atoms with van der Waals surface area (Å²) in [7, 11) is 0. The van der Waals surface area contributed by atoms with E-state index >= 15 is 0 Å². The van der Waals surface area contributed by atoms with Gasteiger partial charge in [0.25, 0.3) is 11.8 Å². The lowest BCUT2D eigenvalue weighted by molar-refractivity contribution is -0.137. The Morgan fingerprint density at radius 2 is 1.67 bits per heavy atom. The molecule has 4 heterocycles. The summed E-state index contributed by atoms with van der Waals surface area (Å²) < 4.78 is 5.83. The molecular weight excluding hydrogens is 771 g/mol. The van der Waals surface area contributed by atoms with E-state index in [-0.39, 0.29) is 50.3 Å². The molecule has 0 saturated carbocycles. The van der Waals surface area contributed by atoms with E-state index in [1.54, 1.807) is 18.2 Å². The summed E-state index contributed by atoms with van der Waals surface area (Å²) in [5.41, 5.74) is 6.38. The Bertz CT molecular complexity index is 2190. The number of fused-ring (bicyclic) bond motifs is 1. The van der Waals surface area contributed by atoms with Gasteiger partial charge in [0.15, 0.2) is 6.61 Å². The molecule has 1 unspecified atom stereocenters. The zero-order valence-electron chi connectivity index (χ0n) is 35.0. The summed E-state index contributed by atoms with van der Waals surface area (Å²) in [5.74, 6) is 1.32. The highest BCUT2D eigenvalue weighted by Gasteiger charge is 2.40. The first-order valence-corrected chi connectivity index (χ1v) is 21.7. The predicted octanol–water partition coefficient (Wildman–Crippen LogP) is 5.87. The molecule has 320 valence electrons. The number of nitrogens with one attached hydrogen (secondary N) is 4. The van der Waals surface area contributed by atoms with Crippen molar-refractivity contribution in [2.75, 3.05) is 32.8 Å². The van der Waals surface area contributed by atoms with Gasteiger partial charge in [-0.15, -0.1) is 0 Å². The lowest BCUT2D eigenvalue weighted by Gasteiger charge is -2.36. The van der Waals surface area contributed by atoms with Gasteiger partial charge in [0.2, 0.25) is 11.8 Å². The van der Waals surface area contributed by atoms with Gasteiger partial charge in [-0.25, -0.2) is 4.99 Å². The highest BCUT2D eigenvalue weighted by atomic mass is 16.5. The molecule has 5 N–H and O–H groups in total. The number of carbonyl (C=O) groups is 4. The van der Waals surface area contributed by atoms with Gasteiger partial charge in [-0.3, -0.25) is 24.5 Å².